The second-order valence-electron chi connectivity index (χ2n) is 6.04. The van der Waals surface area contributed by atoms with E-state index >= 15 is 0 Å². The van der Waals surface area contributed by atoms with Crippen molar-refractivity contribution in [1.82, 2.24) is 10.3 Å². The van der Waals surface area contributed by atoms with E-state index in [-0.39, 0.29) is 5.91 Å². The zero-order valence-corrected chi connectivity index (χ0v) is 15.4. The predicted octanol–water partition coefficient (Wildman–Crippen LogP) is 4.51. The number of aromatic nitrogens is 1. The van der Waals surface area contributed by atoms with E-state index in [0.29, 0.717) is 36.1 Å². The molecule has 0 unspecified atom stereocenters. The molecule has 0 aliphatic carbocycles. The highest BCUT2D eigenvalue weighted by Gasteiger charge is 2.07. The van der Waals surface area contributed by atoms with Gasteiger partial charge in [0, 0.05) is 24.4 Å². The zero-order valence-electron chi connectivity index (χ0n) is 15.4. The summed E-state index contributed by atoms with van der Waals surface area (Å²) in [5.41, 5.74) is 2.65. The first kappa shape index (κ1) is 18.5. The standard InChI is InChI=1S/C22H22N2O3/c1-3-26-19-6-4-5-7-20(19)27-21-13-10-17(14-23-21)15-24-22(25)18-11-8-16(2)9-12-18/h4-14H,3,15H2,1-2H3,(H,24,25). The molecule has 0 saturated heterocycles. The zero-order chi connectivity index (χ0) is 19.1. The van der Waals surface area contributed by atoms with Crippen LogP contribution in [0.25, 0.3) is 0 Å². The molecule has 1 amide bonds. The van der Waals surface area contributed by atoms with Crippen molar-refractivity contribution in [3.63, 3.8) is 0 Å². The quantitative estimate of drug-likeness (QED) is 0.672. The number of pyridine rings is 1. The summed E-state index contributed by atoms with van der Waals surface area (Å²) in [6.45, 7) is 4.88. The molecule has 0 fully saturated rings. The van der Waals surface area contributed by atoms with Crippen molar-refractivity contribution in [1.29, 1.82) is 0 Å². The molecule has 138 valence electrons. The van der Waals surface area contributed by atoms with Gasteiger partial charge in [0.25, 0.3) is 5.91 Å². The fourth-order valence-electron chi connectivity index (χ4n) is 2.49. The van der Waals surface area contributed by atoms with Crippen LogP contribution in [0, 0.1) is 6.92 Å². The Bertz CT molecular complexity index is 890. The summed E-state index contributed by atoms with van der Waals surface area (Å²) < 4.78 is 11.3. The van der Waals surface area contributed by atoms with Crippen LogP contribution < -0.4 is 14.8 Å². The summed E-state index contributed by atoms with van der Waals surface area (Å²) in [5.74, 6) is 1.65. The number of carbonyl (C=O) groups excluding carboxylic acids is 1. The molecule has 3 rings (SSSR count). The Labute approximate surface area is 159 Å². The maximum Gasteiger partial charge on any atom is 0.251 e. The van der Waals surface area contributed by atoms with Crippen molar-refractivity contribution in [2.75, 3.05) is 6.61 Å². The van der Waals surface area contributed by atoms with Gasteiger partial charge < -0.3 is 14.8 Å². The lowest BCUT2D eigenvalue weighted by Crippen LogP contribution is -2.22. The predicted molar refractivity (Wildman–Crippen MR) is 104 cm³/mol. The number of carbonyl (C=O) groups is 1. The molecule has 0 aliphatic heterocycles. The van der Waals surface area contributed by atoms with Crippen LogP contribution in [-0.2, 0) is 6.54 Å². The van der Waals surface area contributed by atoms with E-state index < -0.39 is 0 Å². The third-order valence-electron chi connectivity index (χ3n) is 3.93. The van der Waals surface area contributed by atoms with Gasteiger partial charge >= 0.3 is 0 Å². The summed E-state index contributed by atoms with van der Waals surface area (Å²) in [5, 5.41) is 2.89. The number of hydrogen-bond donors (Lipinski definition) is 1. The van der Waals surface area contributed by atoms with E-state index in [1.165, 1.54) is 0 Å². The van der Waals surface area contributed by atoms with Crippen LogP contribution in [0.4, 0.5) is 0 Å². The molecule has 1 N–H and O–H groups in total. The van der Waals surface area contributed by atoms with Crippen molar-refractivity contribution in [2.45, 2.75) is 20.4 Å². The lowest BCUT2D eigenvalue weighted by Gasteiger charge is -2.11. The van der Waals surface area contributed by atoms with Crippen molar-refractivity contribution >= 4 is 5.91 Å². The second-order valence-corrected chi connectivity index (χ2v) is 6.04. The van der Waals surface area contributed by atoms with Crippen molar-refractivity contribution < 1.29 is 14.3 Å². The first-order valence-corrected chi connectivity index (χ1v) is 8.85. The average molecular weight is 362 g/mol. The molecule has 2 aromatic carbocycles. The number of benzene rings is 2. The number of rotatable bonds is 7. The van der Waals surface area contributed by atoms with E-state index in [1.807, 2.05) is 68.4 Å². The Morgan fingerprint density at radius 2 is 1.74 bits per heavy atom. The summed E-state index contributed by atoms with van der Waals surface area (Å²) >= 11 is 0. The minimum Gasteiger partial charge on any atom is -0.490 e. The van der Waals surface area contributed by atoms with Crippen LogP contribution in [0.15, 0.2) is 66.9 Å². The van der Waals surface area contributed by atoms with E-state index in [4.69, 9.17) is 9.47 Å². The lowest BCUT2D eigenvalue weighted by molar-refractivity contribution is 0.0951. The Morgan fingerprint density at radius 1 is 1.00 bits per heavy atom. The van der Waals surface area contributed by atoms with Gasteiger partial charge in [-0.2, -0.15) is 0 Å². The summed E-state index contributed by atoms with van der Waals surface area (Å²) in [6, 6.07) is 18.6. The Kier molecular flexibility index (Phi) is 6.05. The molecule has 0 saturated carbocycles. The topological polar surface area (TPSA) is 60.5 Å². The number of aryl methyl sites for hydroxylation is 1. The highest BCUT2D eigenvalue weighted by atomic mass is 16.5. The third kappa shape index (κ3) is 5.07. The Morgan fingerprint density at radius 3 is 2.41 bits per heavy atom. The first-order valence-electron chi connectivity index (χ1n) is 8.85. The maximum atomic E-state index is 12.2. The molecule has 0 radical (unpaired) electrons. The summed E-state index contributed by atoms with van der Waals surface area (Å²) in [7, 11) is 0. The normalized spacial score (nSPS) is 10.3. The molecular formula is C22H22N2O3. The van der Waals surface area contributed by atoms with E-state index in [2.05, 4.69) is 10.3 Å². The molecule has 0 bridgehead atoms. The van der Waals surface area contributed by atoms with Gasteiger partial charge in [-0.15, -0.1) is 0 Å². The van der Waals surface area contributed by atoms with Crippen LogP contribution >= 0.6 is 0 Å². The van der Waals surface area contributed by atoms with Crippen LogP contribution in [0.3, 0.4) is 0 Å². The summed E-state index contributed by atoms with van der Waals surface area (Å²) in [6.07, 6.45) is 1.69. The maximum absolute atomic E-state index is 12.2. The smallest absolute Gasteiger partial charge is 0.251 e. The van der Waals surface area contributed by atoms with Crippen molar-refractivity contribution in [2.24, 2.45) is 0 Å². The minimum absolute atomic E-state index is 0.110. The van der Waals surface area contributed by atoms with Crippen LogP contribution in [0.5, 0.6) is 17.4 Å². The Hall–Kier alpha value is -3.34. The molecule has 0 spiro atoms. The number of nitrogens with zero attached hydrogens (tertiary/aromatic N) is 1. The van der Waals surface area contributed by atoms with Gasteiger partial charge in [0.05, 0.1) is 6.61 Å². The van der Waals surface area contributed by atoms with Crippen molar-refractivity contribution in [3.8, 4) is 17.4 Å². The van der Waals surface area contributed by atoms with Gasteiger partial charge in [0.2, 0.25) is 5.88 Å². The van der Waals surface area contributed by atoms with Crippen molar-refractivity contribution in [3.05, 3.63) is 83.6 Å². The van der Waals surface area contributed by atoms with E-state index in [0.717, 1.165) is 11.1 Å². The SMILES string of the molecule is CCOc1ccccc1Oc1ccc(CNC(=O)c2ccc(C)cc2)cn1. The molecule has 5 heteroatoms. The van der Waals surface area contributed by atoms with Crippen LogP contribution in [0.2, 0.25) is 0 Å². The third-order valence-corrected chi connectivity index (χ3v) is 3.93. The molecule has 27 heavy (non-hydrogen) atoms. The molecule has 3 aromatic rings. The van der Waals surface area contributed by atoms with Gasteiger partial charge in [-0.1, -0.05) is 35.9 Å². The first-order chi connectivity index (χ1) is 13.2. The minimum atomic E-state index is -0.110. The summed E-state index contributed by atoms with van der Waals surface area (Å²) in [4.78, 5) is 16.5. The Balaban J connectivity index is 1.59. The molecule has 1 aromatic heterocycles. The largest absolute Gasteiger partial charge is 0.490 e. The molecule has 0 atom stereocenters. The van der Waals surface area contributed by atoms with Crippen LogP contribution in [0.1, 0.15) is 28.4 Å². The van der Waals surface area contributed by atoms with Gasteiger partial charge in [-0.3, -0.25) is 4.79 Å². The highest BCUT2D eigenvalue weighted by molar-refractivity contribution is 5.94. The molecule has 1 heterocycles. The molecule has 5 nitrogen and oxygen atoms in total. The van der Waals surface area contributed by atoms with Gasteiger partial charge in [-0.05, 0) is 43.7 Å². The monoisotopic (exact) mass is 362 g/mol. The molecular weight excluding hydrogens is 340 g/mol. The average Bonchev–Trinajstić information content (AvgIpc) is 2.69. The number of hydrogen-bond acceptors (Lipinski definition) is 4. The number of ether oxygens (including phenoxy) is 2. The molecule has 0 aliphatic rings. The fourth-order valence-corrected chi connectivity index (χ4v) is 2.49. The lowest BCUT2D eigenvalue weighted by atomic mass is 10.1. The van der Waals surface area contributed by atoms with Gasteiger partial charge in [0.15, 0.2) is 11.5 Å². The fraction of sp³-hybridized carbons (Fsp3) is 0.182. The van der Waals surface area contributed by atoms with E-state index in [1.54, 1.807) is 12.3 Å². The highest BCUT2D eigenvalue weighted by Crippen LogP contribution is 2.30. The number of amides is 1. The number of nitrogens with one attached hydrogen (secondary N) is 1. The number of para-hydroxylation sites is 2. The van der Waals surface area contributed by atoms with E-state index in [9.17, 15) is 4.79 Å². The van der Waals surface area contributed by atoms with Crippen LogP contribution in [-0.4, -0.2) is 17.5 Å². The van der Waals surface area contributed by atoms with Gasteiger partial charge in [-0.25, -0.2) is 4.98 Å². The van der Waals surface area contributed by atoms with Gasteiger partial charge in [0.1, 0.15) is 0 Å². The second kappa shape index (κ2) is 8.85.